The van der Waals surface area contributed by atoms with Gasteiger partial charge in [0.2, 0.25) is 0 Å². The first-order valence-corrected chi connectivity index (χ1v) is 25.8. The van der Waals surface area contributed by atoms with E-state index in [0.717, 1.165) is 66.1 Å². The van der Waals surface area contributed by atoms with E-state index >= 15 is 0 Å². The predicted molar refractivity (Wildman–Crippen MR) is 303 cm³/mol. The molecule has 0 aliphatic rings. The van der Waals surface area contributed by atoms with Gasteiger partial charge in [-0.05, 0) is 120 Å². The third-order valence-electron chi connectivity index (χ3n) is 13.9. The second-order valence-corrected chi connectivity index (χ2v) is 24.5. The number of nitrogens with zero attached hydrogens (tertiary/aromatic N) is 3. The van der Waals surface area contributed by atoms with Crippen molar-refractivity contribution in [1.82, 2.24) is 14.5 Å². The lowest BCUT2D eigenvalue weighted by Gasteiger charge is -2.27. The van der Waals surface area contributed by atoms with Crippen molar-refractivity contribution < 1.29 is 5.11 Å². The Morgan fingerprint density at radius 1 is 0.451 bits per heavy atom. The van der Waals surface area contributed by atoms with E-state index in [9.17, 15) is 5.11 Å². The summed E-state index contributed by atoms with van der Waals surface area (Å²) in [5.41, 5.74) is 17.4. The van der Waals surface area contributed by atoms with Crippen molar-refractivity contribution in [3.63, 3.8) is 0 Å². The Kier molecular flexibility index (Phi) is 11.8. The first kappa shape index (κ1) is 47.6. The second-order valence-electron chi connectivity index (χ2n) is 23.4. The number of aromatic nitrogens is 3. The molecule has 10 rings (SSSR count). The van der Waals surface area contributed by atoms with Gasteiger partial charge in [-0.15, -0.1) is 11.3 Å². The Bertz CT molecular complexity index is 3620. The quantitative estimate of drug-likeness (QED) is 0.173. The first-order valence-electron chi connectivity index (χ1n) is 24.9. The van der Waals surface area contributed by atoms with Gasteiger partial charge in [-0.3, -0.25) is 9.55 Å². The van der Waals surface area contributed by atoms with Crippen molar-refractivity contribution in [1.29, 1.82) is 0 Å². The number of benzene rings is 7. The van der Waals surface area contributed by atoms with E-state index < -0.39 is 0 Å². The molecule has 0 spiro atoms. The summed E-state index contributed by atoms with van der Waals surface area (Å²) in [5.74, 6) is 0.955. The minimum atomic E-state index is -0.320. The van der Waals surface area contributed by atoms with Crippen molar-refractivity contribution in [3.8, 4) is 77.9 Å². The highest BCUT2D eigenvalue weighted by Crippen LogP contribution is 2.47. The summed E-state index contributed by atoms with van der Waals surface area (Å²) in [6.07, 6.45) is 2.06. The van der Waals surface area contributed by atoms with Crippen LogP contribution in [0, 0.1) is 0 Å². The minimum absolute atomic E-state index is 0.0551. The Balaban J connectivity index is 1.17. The summed E-state index contributed by atoms with van der Waals surface area (Å²) >= 11 is 1.81. The van der Waals surface area contributed by atoms with Crippen LogP contribution < -0.4 is 0 Å². The molecule has 0 aliphatic carbocycles. The number of thiophene rings is 1. The number of phenols is 1. The highest BCUT2D eigenvalue weighted by atomic mass is 32.1. The maximum atomic E-state index is 12.5. The zero-order valence-electron chi connectivity index (χ0n) is 43.4. The molecular weight excluding hydrogens is 883 g/mol. The summed E-state index contributed by atoms with van der Waals surface area (Å²) in [7, 11) is 0. The Morgan fingerprint density at radius 3 is 1.75 bits per heavy atom. The molecule has 1 N–H and O–H groups in total. The van der Waals surface area contributed by atoms with Gasteiger partial charge >= 0.3 is 0 Å². The first-order chi connectivity index (χ1) is 33.6. The van der Waals surface area contributed by atoms with Gasteiger partial charge in [0, 0.05) is 33.3 Å². The Morgan fingerprint density at radius 2 is 1.07 bits per heavy atom. The SMILES string of the molecule is CC(C)(C)c1cc(-c2cc3cc(-c4ccc(-c5ccccc5)cc4C(C)(C)C)sc3cn2)cc(-c2cccc3c2nc(-c2cc(C(C)(C)C)cc(C(C)(C)C)c2O)n3-c2ccccc2-c2ccccc2)c1. The van der Waals surface area contributed by atoms with Gasteiger partial charge in [0.1, 0.15) is 11.6 Å². The zero-order valence-corrected chi connectivity index (χ0v) is 44.2. The molecule has 71 heavy (non-hydrogen) atoms. The molecule has 356 valence electrons. The normalized spacial score (nSPS) is 12.6. The molecule has 10 aromatic rings. The second kappa shape index (κ2) is 17.6. The lowest BCUT2D eigenvalue weighted by Crippen LogP contribution is -2.17. The summed E-state index contributed by atoms with van der Waals surface area (Å²) in [5, 5.41) is 13.7. The van der Waals surface area contributed by atoms with Crippen LogP contribution in [0.4, 0.5) is 0 Å². The van der Waals surface area contributed by atoms with Gasteiger partial charge < -0.3 is 5.11 Å². The summed E-state index contributed by atoms with van der Waals surface area (Å²) in [6, 6.07) is 59.1. The van der Waals surface area contributed by atoms with E-state index in [4.69, 9.17) is 9.97 Å². The monoisotopic (exact) mass is 947 g/mol. The number of aromatic hydroxyl groups is 1. The molecular formula is C66H65N3OS. The van der Waals surface area contributed by atoms with Crippen LogP contribution >= 0.6 is 11.3 Å². The number of phenolic OH excluding ortho intramolecular Hbond substituents is 1. The molecule has 7 aromatic carbocycles. The van der Waals surface area contributed by atoms with Gasteiger partial charge in [-0.2, -0.15) is 0 Å². The molecule has 0 amide bonds. The number of rotatable bonds is 7. The van der Waals surface area contributed by atoms with Gasteiger partial charge in [-0.25, -0.2) is 4.98 Å². The van der Waals surface area contributed by atoms with Gasteiger partial charge in [-0.1, -0.05) is 198 Å². The standard InChI is InChI=1S/C66H65N3OS/c1-63(2,3)47-33-44(32-45(34-47)55-36-46-37-58(71-59(46)40-67-55)51-31-30-43(35-53(51)65(7,8)9)41-22-15-13-16-23-41)50-27-21-29-57-60(50)68-62(52-38-48(64(4,5)6)39-54(61(52)70)66(10,11)12)69(57)56-28-20-19-26-49(56)42-24-17-14-18-25-42/h13-40,70H,1-12H3. The number of pyridine rings is 1. The lowest BCUT2D eigenvalue weighted by molar-refractivity contribution is 0.446. The van der Waals surface area contributed by atoms with Gasteiger partial charge in [0.15, 0.2) is 0 Å². The number of hydrogen-bond donors (Lipinski definition) is 1. The summed E-state index contributed by atoms with van der Waals surface area (Å²) in [6.45, 7) is 27.0. The van der Waals surface area contributed by atoms with Crippen LogP contribution in [-0.2, 0) is 21.7 Å². The summed E-state index contributed by atoms with van der Waals surface area (Å²) in [4.78, 5) is 12.1. The lowest BCUT2D eigenvalue weighted by atomic mass is 9.79. The maximum Gasteiger partial charge on any atom is 0.149 e. The van der Waals surface area contributed by atoms with E-state index in [1.807, 2.05) is 11.3 Å². The number of imidazole rings is 1. The van der Waals surface area contributed by atoms with Crippen molar-refractivity contribution in [2.45, 2.75) is 105 Å². The van der Waals surface area contributed by atoms with E-state index in [2.05, 4.69) is 258 Å². The number of fused-ring (bicyclic) bond motifs is 2. The van der Waals surface area contributed by atoms with E-state index in [1.54, 1.807) is 0 Å². The zero-order chi connectivity index (χ0) is 50.2. The summed E-state index contributed by atoms with van der Waals surface area (Å²) < 4.78 is 3.43. The molecule has 0 unspecified atom stereocenters. The average molecular weight is 948 g/mol. The molecule has 3 heterocycles. The van der Waals surface area contributed by atoms with E-state index in [-0.39, 0.29) is 27.4 Å². The largest absolute Gasteiger partial charge is 0.507 e. The third-order valence-corrected chi connectivity index (χ3v) is 15.1. The molecule has 0 aliphatic heterocycles. The van der Waals surface area contributed by atoms with E-state index in [0.29, 0.717) is 11.4 Å². The van der Waals surface area contributed by atoms with Crippen molar-refractivity contribution >= 4 is 32.5 Å². The maximum absolute atomic E-state index is 12.5. The van der Waals surface area contributed by atoms with Crippen LogP contribution in [0.5, 0.6) is 5.75 Å². The molecule has 0 saturated heterocycles. The molecule has 0 radical (unpaired) electrons. The predicted octanol–water partition coefficient (Wildman–Crippen LogP) is 18.5. The van der Waals surface area contributed by atoms with Crippen molar-refractivity contribution in [2.75, 3.05) is 0 Å². The van der Waals surface area contributed by atoms with Crippen LogP contribution in [0.25, 0.3) is 93.3 Å². The fourth-order valence-electron chi connectivity index (χ4n) is 9.89. The minimum Gasteiger partial charge on any atom is -0.507 e. The number of para-hydroxylation sites is 2. The molecule has 3 aromatic heterocycles. The molecule has 4 nitrogen and oxygen atoms in total. The Hall–Kier alpha value is -7.08. The Labute approximate surface area is 424 Å². The fraction of sp³-hybridized carbons (Fsp3) is 0.242. The molecule has 0 fully saturated rings. The third kappa shape index (κ3) is 9.13. The van der Waals surface area contributed by atoms with Crippen molar-refractivity contribution in [3.05, 3.63) is 192 Å². The van der Waals surface area contributed by atoms with Gasteiger partial charge in [0.05, 0.1) is 32.7 Å². The molecule has 0 bridgehead atoms. The molecule has 0 saturated carbocycles. The fourth-order valence-corrected chi connectivity index (χ4v) is 10.9. The van der Waals surface area contributed by atoms with Crippen molar-refractivity contribution in [2.24, 2.45) is 0 Å². The van der Waals surface area contributed by atoms with Crippen LogP contribution in [0.3, 0.4) is 0 Å². The molecule has 5 heteroatoms. The topological polar surface area (TPSA) is 50.9 Å². The average Bonchev–Trinajstić information content (AvgIpc) is 3.95. The van der Waals surface area contributed by atoms with Gasteiger partial charge in [0.25, 0.3) is 0 Å². The molecule has 0 atom stereocenters. The number of hydrogen-bond acceptors (Lipinski definition) is 4. The highest BCUT2D eigenvalue weighted by molar-refractivity contribution is 7.22. The van der Waals surface area contributed by atoms with E-state index in [1.165, 1.54) is 38.1 Å². The van der Waals surface area contributed by atoms with Crippen LogP contribution in [0.15, 0.2) is 170 Å². The highest BCUT2D eigenvalue weighted by Gasteiger charge is 2.30. The smallest absolute Gasteiger partial charge is 0.149 e. The van der Waals surface area contributed by atoms with Crippen LogP contribution in [0.1, 0.15) is 105 Å². The van der Waals surface area contributed by atoms with Crippen LogP contribution in [-0.4, -0.2) is 19.6 Å². The van der Waals surface area contributed by atoms with Crippen LogP contribution in [0.2, 0.25) is 0 Å².